The monoisotopic (exact) mass is 291 g/mol. The number of hydrogen-bond acceptors (Lipinski definition) is 3. The molecule has 1 saturated carbocycles. The fraction of sp³-hybridized carbons (Fsp3) is 0.667. The third-order valence-corrected chi connectivity index (χ3v) is 4.42. The molecule has 2 rings (SSSR count). The van der Waals surface area contributed by atoms with Crippen molar-refractivity contribution in [2.75, 3.05) is 19.7 Å². The van der Waals surface area contributed by atoms with Crippen molar-refractivity contribution in [2.24, 2.45) is 5.41 Å². The topological polar surface area (TPSA) is 41.5 Å². The summed E-state index contributed by atoms with van der Waals surface area (Å²) in [5.74, 6) is 0. The zero-order valence-corrected chi connectivity index (χ0v) is 13.3. The molecule has 21 heavy (non-hydrogen) atoms. The molecule has 0 spiro atoms. The van der Waals surface area contributed by atoms with Gasteiger partial charge in [-0.1, -0.05) is 43.7 Å². The van der Waals surface area contributed by atoms with Gasteiger partial charge in [0.15, 0.2) is 0 Å². The first-order valence-electron chi connectivity index (χ1n) is 8.20. The van der Waals surface area contributed by atoms with E-state index in [1.165, 1.54) is 25.7 Å². The first-order valence-corrected chi connectivity index (χ1v) is 8.20. The molecule has 118 valence electrons. The van der Waals surface area contributed by atoms with E-state index in [1.54, 1.807) is 0 Å². The van der Waals surface area contributed by atoms with Crippen LogP contribution >= 0.6 is 0 Å². The standard InChI is InChI=1S/C18H29NO2/c1-3-9-18(10-11-18)14-19-12-17(20)13-21-15(2)16-7-5-4-6-8-16/h4-8,15,17,19-20H,3,9-14H2,1-2H3. The van der Waals surface area contributed by atoms with Crippen molar-refractivity contribution in [3.8, 4) is 0 Å². The van der Waals surface area contributed by atoms with Gasteiger partial charge < -0.3 is 15.2 Å². The molecule has 3 nitrogen and oxygen atoms in total. The minimum atomic E-state index is -0.436. The Balaban J connectivity index is 1.60. The van der Waals surface area contributed by atoms with Gasteiger partial charge in [-0.25, -0.2) is 0 Å². The zero-order chi connectivity index (χ0) is 15.1. The van der Waals surface area contributed by atoms with E-state index in [0.29, 0.717) is 18.6 Å². The van der Waals surface area contributed by atoms with Gasteiger partial charge >= 0.3 is 0 Å². The highest BCUT2D eigenvalue weighted by Gasteiger charge is 2.40. The van der Waals surface area contributed by atoms with Crippen LogP contribution in [0.3, 0.4) is 0 Å². The van der Waals surface area contributed by atoms with Crippen molar-refractivity contribution in [1.82, 2.24) is 5.32 Å². The molecule has 0 heterocycles. The molecular weight excluding hydrogens is 262 g/mol. The number of rotatable bonds is 10. The maximum Gasteiger partial charge on any atom is 0.0897 e. The van der Waals surface area contributed by atoms with E-state index in [-0.39, 0.29) is 6.10 Å². The Morgan fingerprint density at radius 1 is 1.29 bits per heavy atom. The van der Waals surface area contributed by atoms with Gasteiger partial charge in [0.05, 0.1) is 18.8 Å². The second-order valence-corrected chi connectivity index (χ2v) is 6.42. The average molecular weight is 291 g/mol. The molecule has 0 saturated heterocycles. The maximum atomic E-state index is 10.0. The van der Waals surface area contributed by atoms with Crippen molar-refractivity contribution in [3.63, 3.8) is 0 Å². The maximum absolute atomic E-state index is 10.0. The molecule has 1 aliphatic carbocycles. The molecular formula is C18H29NO2. The highest BCUT2D eigenvalue weighted by molar-refractivity contribution is 5.16. The van der Waals surface area contributed by atoms with E-state index in [0.717, 1.165) is 12.1 Å². The van der Waals surface area contributed by atoms with Gasteiger partial charge in [-0.05, 0) is 37.2 Å². The second-order valence-electron chi connectivity index (χ2n) is 6.42. The molecule has 1 aromatic rings. The van der Waals surface area contributed by atoms with Crippen LogP contribution in [0.5, 0.6) is 0 Å². The molecule has 2 N–H and O–H groups in total. The lowest BCUT2D eigenvalue weighted by molar-refractivity contribution is -0.00237. The summed E-state index contributed by atoms with van der Waals surface area (Å²) in [4.78, 5) is 0. The van der Waals surface area contributed by atoms with E-state index in [4.69, 9.17) is 4.74 Å². The van der Waals surface area contributed by atoms with Gasteiger partial charge in [-0.15, -0.1) is 0 Å². The van der Waals surface area contributed by atoms with Gasteiger partial charge in [-0.3, -0.25) is 0 Å². The van der Waals surface area contributed by atoms with Crippen LogP contribution in [0.2, 0.25) is 0 Å². The quantitative estimate of drug-likeness (QED) is 0.695. The minimum Gasteiger partial charge on any atom is -0.389 e. The average Bonchev–Trinajstić information content (AvgIpc) is 3.26. The highest BCUT2D eigenvalue weighted by atomic mass is 16.5. The summed E-state index contributed by atoms with van der Waals surface area (Å²) >= 11 is 0. The number of aliphatic hydroxyl groups excluding tert-OH is 1. The summed E-state index contributed by atoms with van der Waals surface area (Å²) in [7, 11) is 0. The molecule has 3 heteroatoms. The number of nitrogens with one attached hydrogen (secondary N) is 1. The molecule has 2 unspecified atom stereocenters. The number of hydrogen-bond donors (Lipinski definition) is 2. The lowest BCUT2D eigenvalue weighted by atomic mass is 10.0. The third kappa shape index (κ3) is 5.42. The van der Waals surface area contributed by atoms with E-state index in [2.05, 4.69) is 24.4 Å². The highest BCUT2D eigenvalue weighted by Crippen LogP contribution is 2.48. The number of benzene rings is 1. The normalized spacial score (nSPS) is 19.2. The lowest BCUT2D eigenvalue weighted by Crippen LogP contribution is -2.34. The first-order chi connectivity index (χ1) is 10.2. The van der Waals surface area contributed by atoms with Gasteiger partial charge in [0, 0.05) is 13.1 Å². The Morgan fingerprint density at radius 2 is 2.00 bits per heavy atom. The fourth-order valence-electron chi connectivity index (χ4n) is 2.86. The molecule has 0 radical (unpaired) electrons. The Labute approximate surface area is 128 Å². The SMILES string of the molecule is CCCC1(CNCC(O)COC(C)c2ccccc2)CC1. The van der Waals surface area contributed by atoms with E-state index in [9.17, 15) is 5.11 Å². The van der Waals surface area contributed by atoms with Crippen LogP contribution in [0, 0.1) is 5.41 Å². The molecule has 0 amide bonds. The van der Waals surface area contributed by atoms with Crippen LogP contribution in [0.4, 0.5) is 0 Å². The van der Waals surface area contributed by atoms with Gasteiger partial charge in [0.1, 0.15) is 0 Å². The van der Waals surface area contributed by atoms with Crippen LogP contribution in [-0.4, -0.2) is 30.9 Å². The molecule has 2 atom stereocenters. The summed E-state index contributed by atoms with van der Waals surface area (Å²) < 4.78 is 5.75. The first kappa shape index (κ1) is 16.5. The number of ether oxygens (including phenoxy) is 1. The van der Waals surface area contributed by atoms with Crippen LogP contribution in [0.25, 0.3) is 0 Å². The van der Waals surface area contributed by atoms with E-state index >= 15 is 0 Å². The molecule has 0 aromatic heterocycles. The fourth-order valence-corrected chi connectivity index (χ4v) is 2.86. The second kappa shape index (κ2) is 7.92. The van der Waals surface area contributed by atoms with Crippen LogP contribution in [0.1, 0.15) is 51.2 Å². The van der Waals surface area contributed by atoms with Gasteiger partial charge in [0.2, 0.25) is 0 Å². The van der Waals surface area contributed by atoms with Crippen molar-refractivity contribution >= 4 is 0 Å². The molecule has 1 aliphatic rings. The summed E-state index contributed by atoms with van der Waals surface area (Å²) in [5.41, 5.74) is 1.68. The molecule has 0 bridgehead atoms. The van der Waals surface area contributed by atoms with Crippen molar-refractivity contribution < 1.29 is 9.84 Å². The number of aliphatic hydroxyl groups is 1. The van der Waals surface area contributed by atoms with Crippen molar-refractivity contribution in [1.29, 1.82) is 0 Å². The Hall–Kier alpha value is -0.900. The van der Waals surface area contributed by atoms with E-state index < -0.39 is 6.10 Å². The predicted octanol–water partition coefficient (Wildman–Crippen LogP) is 3.30. The summed E-state index contributed by atoms with van der Waals surface area (Å²) in [6.07, 6.45) is 4.82. The van der Waals surface area contributed by atoms with Crippen molar-refractivity contribution in [2.45, 2.75) is 51.7 Å². The Kier molecular flexibility index (Phi) is 6.22. The lowest BCUT2D eigenvalue weighted by Gasteiger charge is -2.19. The van der Waals surface area contributed by atoms with Crippen LogP contribution in [-0.2, 0) is 4.74 Å². The Morgan fingerprint density at radius 3 is 2.62 bits per heavy atom. The Bertz CT molecular complexity index is 403. The minimum absolute atomic E-state index is 0.0238. The molecule has 1 fully saturated rings. The molecule has 0 aliphatic heterocycles. The summed E-state index contributed by atoms with van der Waals surface area (Å²) in [6, 6.07) is 10.1. The van der Waals surface area contributed by atoms with Crippen molar-refractivity contribution in [3.05, 3.63) is 35.9 Å². The smallest absolute Gasteiger partial charge is 0.0897 e. The van der Waals surface area contributed by atoms with Gasteiger partial charge in [0.25, 0.3) is 0 Å². The van der Waals surface area contributed by atoms with Gasteiger partial charge in [-0.2, -0.15) is 0 Å². The van der Waals surface area contributed by atoms with Crippen LogP contribution in [0.15, 0.2) is 30.3 Å². The van der Waals surface area contributed by atoms with E-state index in [1.807, 2.05) is 25.1 Å². The molecule has 1 aromatic carbocycles. The third-order valence-electron chi connectivity index (χ3n) is 4.42. The van der Waals surface area contributed by atoms with Crippen LogP contribution < -0.4 is 5.32 Å². The summed E-state index contributed by atoms with van der Waals surface area (Å²) in [5, 5.41) is 13.4. The largest absolute Gasteiger partial charge is 0.389 e. The summed E-state index contributed by atoms with van der Waals surface area (Å²) in [6.45, 7) is 6.30. The zero-order valence-electron chi connectivity index (χ0n) is 13.3. The predicted molar refractivity (Wildman–Crippen MR) is 86.3 cm³/mol.